The van der Waals surface area contributed by atoms with E-state index in [1.807, 2.05) is 12.1 Å². The standard InChI is InChI=1S/C19H10N/c1-2-8-16-12(6-1)14-9-5-10-15-13-7-3-4-11-17(13)20-19(16)18(14)15/h1-9,11H. The van der Waals surface area contributed by atoms with E-state index in [-0.39, 0.29) is 0 Å². The Labute approximate surface area is 116 Å². The summed E-state index contributed by atoms with van der Waals surface area (Å²) < 4.78 is 0. The Hall–Kier alpha value is -2.67. The molecule has 20 heavy (non-hydrogen) atoms. The summed E-state index contributed by atoms with van der Waals surface area (Å²) in [6.07, 6.45) is 0. The van der Waals surface area contributed by atoms with E-state index in [0.29, 0.717) is 0 Å². The molecule has 1 aliphatic rings. The van der Waals surface area contributed by atoms with Gasteiger partial charge in [0.2, 0.25) is 0 Å². The highest BCUT2D eigenvalue weighted by Crippen LogP contribution is 2.47. The Bertz CT molecular complexity index is 999. The number of para-hydroxylation sites is 1. The Kier molecular flexibility index (Phi) is 1.75. The minimum absolute atomic E-state index is 1.04. The van der Waals surface area contributed by atoms with Crippen LogP contribution in [0.1, 0.15) is 0 Å². The molecule has 0 aliphatic heterocycles. The van der Waals surface area contributed by atoms with Crippen molar-refractivity contribution < 1.29 is 0 Å². The molecule has 1 heteroatoms. The Morgan fingerprint density at radius 3 is 2.50 bits per heavy atom. The van der Waals surface area contributed by atoms with E-state index in [0.717, 1.165) is 11.2 Å². The number of hydrogen-bond donors (Lipinski definition) is 0. The fraction of sp³-hybridized carbons (Fsp3) is 0. The summed E-state index contributed by atoms with van der Waals surface area (Å²) in [6.45, 7) is 0. The van der Waals surface area contributed by atoms with Crippen LogP contribution in [0, 0.1) is 6.07 Å². The first-order valence-electron chi connectivity index (χ1n) is 6.76. The van der Waals surface area contributed by atoms with Gasteiger partial charge in [0.15, 0.2) is 0 Å². The SMILES string of the molecule is [c]1ccc2c3c(nc4ccccc4c13)-c1ccccc1-2. The highest BCUT2D eigenvalue weighted by molar-refractivity contribution is 6.20. The molecule has 0 unspecified atom stereocenters. The molecule has 0 saturated heterocycles. The molecule has 0 atom stereocenters. The van der Waals surface area contributed by atoms with Crippen molar-refractivity contribution in [2.45, 2.75) is 0 Å². The molecule has 0 saturated carbocycles. The monoisotopic (exact) mass is 252 g/mol. The smallest absolute Gasteiger partial charge is 0.0800 e. The summed E-state index contributed by atoms with van der Waals surface area (Å²) in [4.78, 5) is 4.90. The molecule has 5 rings (SSSR count). The van der Waals surface area contributed by atoms with Gasteiger partial charge in [0.05, 0.1) is 11.2 Å². The van der Waals surface area contributed by atoms with E-state index in [1.54, 1.807) is 0 Å². The van der Waals surface area contributed by atoms with E-state index in [2.05, 4.69) is 54.6 Å². The Balaban J connectivity index is 2.12. The van der Waals surface area contributed by atoms with Gasteiger partial charge >= 0.3 is 0 Å². The normalized spacial score (nSPS) is 12.0. The number of pyridine rings is 1. The topological polar surface area (TPSA) is 12.9 Å². The fourth-order valence-corrected chi connectivity index (χ4v) is 3.26. The van der Waals surface area contributed by atoms with Crippen LogP contribution < -0.4 is 0 Å². The predicted molar refractivity (Wildman–Crippen MR) is 82.5 cm³/mol. The van der Waals surface area contributed by atoms with Crippen LogP contribution in [0.3, 0.4) is 0 Å². The lowest BCUT2D eigenvalue weighted by molar-refractivity contribution is 1.45. The molecule has 4 aromatic rings. The molecule has 1 radical (unpaired) electrons. The van der Waals surface area contributed by atoms with Crippen LogP contribution in [0.5, 0.6) is 0 Å². The summed E-state index contributed by atoms with van der Waals surface area (Å²) in [5, 5.41) is 3.60. The van der Waals surface area contributed by atoms with E-state index in [4.69, 9.17) is 4.98 Å². The number of hydrogen-bond acceptors (Lipinski definition) is 1. The third kappa shape index (κ3) is 1.11. The van der Waals surface area contributed by atoms with Gasteiger partial charge in [-0.25, -0.2) is 4.98 Å². The number of nitrogens with zero attached hydrogens (tertiary/aromatic N) is 1. The van der Waals surface area contributed by atoms with Gasteiger partial charge in [-0.05, 0) is 23.3 Å². The van der Waals surface area contributed by atoms with Gasteiger partial charge < -0.3 is 0 Å². The third-order valence-corrected chi connectivity index (χ3v) is 4.11. The summed E-state index contributed by atoms with van der Waals surface area (Å²) in [5.74, 6) is 0. The Morgan fingerprint density at radius 2 is 1.55 bits per heavy atom. The number of benzene rings is 3. The first-order chi connectivity index (χ1) is 9.93. The lowest BCUT2D eigenvalue weighted by Crippen LogP contribution is -1.85. The van der Waals surface area contributed by atoms with Crippen molar-refractivity contribution in [2.75, 3.05) is 0 Å². The van der Waals surface area contributed by atoms with Crippen LogP contribution in [0.15, 0.2) is 60.7 Å². The minimum atomic E-state index is 1.04. The molecular formula is C19H10N. The van der Waals surface area contributed by atoms with Crippen LogP contribution in [0.4, 0.5) is 0 Å². The Morgan fingerprint density at radius 1 is 0.750 bits per heavy atom. The lowest BCUT2D eigenvalue weighted by Gasteiger charge is -2.05. The maximum Gasteiger partial charge on any atom is 0.0800 e. The van der Waals surface area contributed by atoms with Crippen molar-refractivity contribution in [3.8, 4) is 22.4 Å². The second-order valence-corrected chi connectivity index (χ2v) is 5.16. The van der Waals surface area contributed by atoms with Crippen molar-refractivity contribution in [1.29, 1.82) is 0 Å². The van der Waals surface area contributed by atoms with Gasteiger partial charge in [-0.3, -0.25) is 0 Å². The van der Waals surface area contributed by atoms with Gasteiger partial charge in [0, 0.05) is 21.7 Å². The third-order valence-electron chi connectivity index (χ3n) is 4.11. The van der Waals surface area contributed by atoms with Crippen molar-refractivity contribution in [3.05, 3.63) is 66.7 Å². The zero-order chi connectivity index (χ0) is 13.1. The average Bonchev–Trinajstić information content (AvgIpc) is 2.84. The second kappa shape index (κ2) is 3.45. The van der Waals surface area contributed by atoms with Crippen LogP contribution >= 0.6 is 0 Å². The summed E-state index contributed by atoms with van der Waals surface area (Å²) in [5.41, 5.74) is 5.94. The second-order valence-electron chi connectivity index (χ2n) is 5.16. The predicted octanol–water partition coefficient (Wildman–Crippen LogP) is 4.84. The fourth-order valence-electron chi connectivity index (χ4n) is 3.26. The number of rotatable bonds is 0. The summed E-state index contributed by atoms with van der Waals surface area (Å²) in [6, 6.07) is 24.4. The molecule has 3 aromatic carbocycles. The zero-order valence-electron chi connectivity index (χ0n) is 10.7. The van der Waals surface area contributed by atoms with E-state index < -0.39 is 0 Å². The first kappa shape index (κ1) is 10.2. The molecule has 0 spiro atoms. The van der Waals surface area contributed by atoms with Crippen LogP contribution in [0.2, 0.25) is 0 Å². The molecule has 1 aliphatic carbocycles. The maximum absolute atomic E-state index is 4.90. The molecule has 0 amide bonds. The summed E-state index contributed by atoms with van der Waals surface area (Å²) in [7, 11) is 0. The van der Waals surface area contributed by atoms with E-state index in [9.17, 15) is 0 Å². The van der Waals surface area contributed by atoms with Crippen LogP contribution in [-0.4, -0.2) is 4.98 Å². The summed E-state index contributed by atoms with van der Waals surface area (Å²) >= 11 is 0. The highest BCUT2D eigenvalue weighted by atomic mass is 14.7. The average molecular weight is 252 g/mol. The molecule has 1 heterocycles. The first-order valence-corrected chi connectivity index (χ1v) is 6.76. The molecule has 0 fully saturated rings. The van der Waals surface area contributed by atoms with Crippen molar-refractivity contribution in [1.82, 2.24) is 4.98 Å². The van der Waals surface area contributed by atoms with Gasteiger partial charge in [0.25, 0.3) is 0 Å². The van der Waals surface area contributed by atoms with Crippen molar-refractivity contribution >= 4 is 21.7 Å². The largest absolute Gasteiger partial charge is 0.247 e. The van der Waals surface area contributed by atoms with Gasteiger partial charge in [-0.1, -0.05) is 54.6 Å². The van der Waals surface area contributed by atoms with Gasteiger partial charge in [-0.15, -0.1) is 0 Å². The zero-order valence-corrected chi connectivity index (χ0v) is 10.7. The quantitative estimate of drug-likeness (QED) is 0.359. The van der Waals surface area contributed by atoms with Gasteiger partial charge in [0.1, 0.15) is 0 Å². The molecule has 91 valence electrons. The molecule has 0 N–H and O–H groups in total. The number of fused-ring (bicyclic) bond motifs is 5. The van der Waals surface area contributed by atoms with Crippen molar-refractivity contribution in [2.24, 2.45) is 0 Å². The molecule has 1 nitrogen and oxygen atoms in total. The molecule has 1 aromatic heterocycles. The molecular weight excluding hydrogens is 242 g/mol. The van der Waals surface area contributed by atoms with Gasteiger partial charge in [-0.2, -0.15) is 0 Å². The van der Waals surface area contributed by atoms with Crippen LogP contribution in [0.25, 0.3) is 44.1 Å². The van der Waals surface area contributed by atoms with E-state index in [1.165, 1.54) is 32.8 Å². The number of aromatic nitrogens is 1. The highest BCUT2D eigenvalue weighted by Gasteiger charge is 2.23. The van der Waals surface area contributed by atoms with Crippen LogP contribution in [-0.2, 0) is 0 Å². The molecule has 0 bridgehead atoms. The minimum Gasteiger partial charge on any atom is -0.247 e. The van der Waals surface area contributed by atoms with Crippen molar-refractivity contribution in [3.63, 3.8) is 0 Å². The maximum atomic E-state index is 4.90. The van der Waals surface area contributed by atoms with E-state index >= 15 is 0 Å². The lowest BCUT2D eigenvalue weighted by atomic mass is 10.0.